The van der Waals surface area contributed by atoms with Crippen molar-refractivity contribution in [3.63, 3.8) is 0 Å². The Kier molecular flexibility index (Phi) is 7.28. The maximum absolute atomic E-state index is 5.81. The summed E-state index contributed by atoms with van der Waals surface area (Å²) in [6, 6.07) is 21.2. The summed E-state index contributed by atoms with van der Waals surface area (Å²) in [7, 11) is -2.14. The number of hydrogen-bond donors (Lipinski definition) is 1. The number of hydrogen-bond acceptors (Lipinski definition) is 2. The van der Waals surface area contributed by atoms with Gasteiger partial charge in [0.05, 0.1) is 26.5 Å². The van der Waals surface area contributed by atoms with Crippen LogP contribution in [-0.4, -0.2) is 41.2 Å². The van der Waals surface area contributed by atoms with Gasteiger partial charge >= 0.3 is 0 Å². The molecule has 1 saturated heterocycles. The van der Waals surface area contributed by atoms with Crippen molar-refractivity contribution in [1.82, 2.24) is 9.99 Å². The first-order valence-corrected chi connectivity index (χ1v) is 12.3. The highest BCUT2D eigenvalue weighted by molar-refractivity contribution is 7.81. The summed E-state index contributed by atoms with van der Waals surface area (Å²) < 4.78 is 13.5. The molecule has 0 aliphatic carbocycles. The van der Waals surface area contributed by atoms with Crippen molar-refractivity contribution in [1.29, 1.82) is 0 Å². The van der Waals surface area contributed by atoms with Crippen molar-refractivity contribution >= 4 is 29.8 Å². The summed E-state index contributed by atoms with van der Waals surface area (Å²) in [6.07, 6.45) is 0. The third-order valence-electron chi connectivity index (χ3n) is 5.32. The van der Waals surface area contributed by atoms with Gasteiger partial charge in [-0.3, -0.25) is 4.67 Å². The fourth-order valence-electron chi connectivity index (χ4n) is 3.90. The summed E-state index contributed by atoms with van der Waals surface area (Å²) >= 11 is 5.81. The molecule has 1 aliphatic heterocycles. The molecule has 0 unspecified atom stereocenters. The quantitative estimate of drug-likeness (QED) is 0.536. The third kappa shape index (κ3) is 4.97. The Labute approximate surface area is 180 Å². The van der Waals surface area contributed by atoms with Gasteiger partial charge in [-0.2, -0.15) is 0 Å². The van der Waals surface area contributed by atoms with Crippen LogP contribution in [0.15, 0.2) is 65.4 Å². The second-order valence-corrected chi connectivity index (χ2v) is 12.6. The summed E-state index contributed by atoms with van der Waals surface area (Å²) in [5, 5.41) is 5.26. The van der Waals surface area contributed by atoms with Gasteiger partial charge < -0.3 is 10.1 Å². The largest absolute Gasteiger partial charge is 0.379 e. The Morgan fingerprint density at radius 2 is 1.59 bits per heavy atom. The molecule has 1 N–H and O–H groups in total. The smallest absolute Gasteiger partial charge is 0.193 e. The lowest BCUT2D eigenvalue weighted by atomic mass is 10.1. The van der Waals surface area contributed by atoms with E-state index in [0.717, 1.165) is 26.3 Å². The molecule has 156 valence electrons. The zero-order chi connectivity index (χ0) is 20.9. The lowest BCUT2D eigenvalue weighted by molar-refractivity contribution is 0.0738. The van der Waals surface area contributed by atoms with E-state index in [1.807, 2.05) is 6.07 Å². The second-order valence-electron chi connectivity index (χ2n) is 8.36. The topological polar surface area (TPSA) is 36.9 Å². The van der Waals surface area contributed by atoms with Crippen molar-refractivity contribution < 1.29 is 4.74 Å². The molecule has 2 aromatic carbocycles. The van der Waals surface area contributed by atoms with E-state index in [4.69, 9.17) is 21.7 Å². The Morgan fingerprint density at radius 3 is 2.14 bits per heavy atom. The van der Waals surface area contributed by atoms with Crippen LogP contribution in [-0.2, 0) is 4.74 Å². The van der Waals surface area contributed by atoms with E-state index in [2.05, 4.69) is 92.3 Å². The number of benzene rings is 2. The fraction of sp³-hybridized carbons (Fsp3) is 0.435. The summed E-state index contributed by atoms with van der Waals surface area (Å²) in [5.74, 6) is 0. The van der Waals surface area contributed by atoms with E-state index < -0.39 is 7.21 Å². The Morgan fingerprint density at radius 1 is 1.03 bits per heavy atom. The van der Waals surface area contributed by atoms with E-state index in [1.165, 1.54) is 10.9 Å². The number of rotatable bonds is 4. The average Bonchev–Trinajstić information content (AvgIpc) is 2.73. The molecule has 1 fully saturated rings. The highest BCUT2D eigenvalue weighted by atomic mass is 32.1. The van der Waals surface area contributed by atoms with Crippen LogP contribution in [0, 0.1) is 0 Å². The predicted octanol–water partition coefficient (Wildman–Crippen LogP) is 5.19. The maximum Gasteiger partial charge on any atom is 0.193 e. The summed E-state index contributed by atoms with van der Waals surface area (Å²) in [4.78, 5) is 0. The third-order valence-corrected chi connectivity index (χ3v) is 10.3. The van der Waals surface area contributed by atoms with Gasteiger partial charge in [0, 0.05) is 23.6 Å². The molecule has 0 saturated carbocycles. The predicted molar refractivity (Wildman–Crippen MR) is 128 cm³/mol. The van der Waals surface area contributed by atoms with Crippen LogP contribution in [0.25, 0.3) is 0 Å². The van der Waals surface area contributed by atoms with E-state index in [9.17, 15) is 0 Å². The Bertz CT molecular complexity index is 859. The number of thiocarbonyl (C=S) groups is 1. The molecular formula is C23H32N3OPS. The molecular weight excluding hydrogens is 397 g/mol. The molecule has 0 amide bonds. The van der Waals surface area contributed by atoms with Crippen molar-refractivity contribution in [3.05, 3.63) is 66.2 Å². The van der Waals surface area contributed by atoms with Crippen LogP contribution < -0.4 is 10.6 Å². The highest BCUT2D eigenvalue weighted by Crippen LogP contribution is 2.62. The molecule has 3 rings (SSSR count). The lowest BCUT2D eigenvalue weighted by Gasteiger charge is -2.46. The van der Waals surface area contributed by atoms with E-state index in [1.54, 1.807) is 0 Å². The van der Waals surface area contributed by atoms with Gasteiger partial charge in [-0.25, -0.2) is 4.74 Å². The number of nitrogens with zero attached hydrogens (tertiary/aromatic N) is 2. The fourth-order valence-corrected chi connectivity index (χ4v) is 8.57. The molecule has 6 heteroatoms. The molecule has 1 aliphatic rings. The first kappa shape index (κ1) is 22.2. The molecule has 0 radical (unpaired) electrons. The standard InChI is InChI=1S/C23H32N3OPS/c1-19(20-11-7-5-8-12-20)24-22(29)25-28(23(2,3)4,21-13-9-6-10-14-21)26-15-17-27-18-16-26/h5-14,19H,15-18H2,1-4H3,(H,24,29)/t19-,28+/m0/s1. The van der Waals surface area contributed by atoms with Gasteiger partial charge in [0.1, 0.15) is 0 Å². The number of nitrogens with one attached hydrogen (secondary N) is 1. The van der Waals surface area contributed by atoms with E-state index in [-0.39, 0.29) is 11.2 Å². The second kappa shape index (κ2) is 9.53. The van der Waals surface area contributed by atoms with E-state index >= 15 is 0 Å². The van der Waals surface area contributed by atoms with Crippen LogP contribution in [0.2, 0.25) is 0 Å². The van der Waals surface area contributed by atoms with Crippen molar-refractivity contribution in [2.45, 2.75) is 38.9 Å². The number of morpholine rings is 1. The van der Waals surface area contributed by atoms with Crippen LogP contribution in [0.5, 0.6) is 0 Å². The van der Waals surface area contributed by atoms with Crippen LogP contribution in [0.1, 0.15) is 39.3 Å². The number of ether oxygens (including phenoxy) is 1. The first-order chi connectivity index (χ1) is 13.8. The van der Waals surface area contributed by atoms with Gasteiger partial charge in [0.15, 0.2) is 5.11 Å². The Balaban J connectivity index is 2.05. The van der Waals surface area contributed by atoms with Crippen LogP contribution in [0.3, 0.4) is 0 Å². The highest BCUT2D eigenvalue weighted by Gasteiger charge is 2.42. The van der Waals surface area contributed by atoms with Crippen LogP contribution >= 0.6 is 19.4 Å². The van der Waals surface area contributed by atoms with Gasteiger partial charge in [-0.05, 0) is 24.7 Å². The minimum absolute atomic E-state index is 0.0621. The van der Waals surface area contributed by atoms with Gasteiger partial charge in [0.25, 0.3) is 0 Å². The maximum atomic E-state index is 5.81. The SMILES string of the molecule is C[C@H](NC(=S)N=[P@](c1ccccc1)(N1CCOCC1)C(C)(C)C)c1ccccc1. The average molecular weight is 430 g/mol. The molecule has 4 nitrogen and oxygen atoms in total. The minimum atomic E-state index is -2.14. The summed E-state index contributed by atoms with van der Waals surface area (Å²) in [6.45, 7) is 12.2. The summed E-state index contributed by atoms with van der Waals surface area (Å²) in [5.41, 5.74) is 1.20. The molecule has 2 atom stereocenters. The molecule has 0 aromatic heterocycles. The zero-order valence-electron chi connectivity index (χ0n) is 17.8. The molecule has 1 heterocycles. The first-order valence-electron chi connectivity index (χ1n) is 10.2. The monoisotopic (exact) mass is 429 g/mol. The van der Waals surface area contributed by atoms with Crippen molar-refractivity contribution in [3.8, 4) is 0 Å². The zero-order valence-corrected chi connectivity index (χ0v) is 19.5. The molecule has 0 bridgehead atoms. The minimum Gasteiger partial charge on any atom is -0.379 e. The Hall–Kier alpha value is -1.52. The lowest BCUT2D eigenvalue weighted by Crippen LogP contribution is -2.43. The molecule has 2 aromatic rings. The normalized spacial score (nSPS) is 18.5. The van der Waals surface area contributed by atoms with E-state index in [0.29, 0.717) is 5.11 Å². The molecule has 29 heavy (non-hydrogen) atoms. The van der Waals surface area contributed by atoms with Gasteiger partial charge in [-0.1, -0.05) is 81.4 Å². The van der Waals surface area contributed by atoms with Gasteiger partial charge in [0.2, 0.25) is 0 Å². The van der Waals surface area contributed by atoms with Crippen molar-refractivity contribution in [2.24, 2.45) is 4.74 Å². The van der Waals surface area contributed by atoms with Crippen molar-refractivity contribution in [2.75, 3.05) is 26.3 Å². The van der Waals surface area contributed by atoms with Crippen LogP contribution in [0.4, 0.5) is 0 Å². The van der Waals surface area contributed by atoms with Gasteiger partial charge in [-0.15, -0.1) is 0 Å². The molecule has 0 spiro atoms.